The smallest absolute Gasteiger partial charge is 0.306 e. The van der Waals surface area contributed by atoms with E-state index < -0.39 is 6.10 Å². The zero-order valence-electron chi connectivity index (χ0n) is 49.8. The van der Waals surface area contributed by atoms with Gasteiger partial charge in [-0.2, -0.15) is 0 Å². The van der Waals surface area contributed by atoms with Crippen molar-refractivity contribution in [2.24, 2.45) is 0 Å². The average molecular weight is 1050 g/mol. The van der Waals surface area contributed by atoms with Crippen LogP contribution in [0.1, 0.15) is 329 Å². The van der Waals surface area contributed by atoms with Crippen LogP contribution in [0.2, 0.25) is 0 Å². The van der Waals surface area contributed by atoms with Crippen LogP contribution in [0.25, 0.3) is 0 Å². The van der Waals surface area contributed by atoms with Gasteiger partial charge in [-0.05, 0) is 89.9 Å². The highest BCUT2D eigenvalue weighted by atomic mass is 16.6. The van der Waals surface area contributed by atoms with Crippen LogP contribution in [0.4, 0.5) is 0 Å². The summed E-state index contributed by atoms with van der Waals surface area (Å²) in [7, 11) is 0. The van der Waals surface area contributed by atoms with E-state index >= 15 is 0 Å². The Morgan fingerprint density at radius 1 is 0.280 bits per heavy atom. The molecule has 434 valence electrons. The van der Waals surface area contributed by atoms with E-state index in [1.807, 2.05) is 0 Å². The molecule has 0 spiro atoms. The van der Waals surface area contributed by atoms with Crippen molar-refractivity contribution in [3.63, 3.8) is 0 Å². The topological polar surface area (TPSA) is 78.9 Å². The van der Waals surface area contributed by atoms with Crippen molar-refractivity contribution < 1.29 is 28.6 Å². The van der Waals surface area contributed by atoms with Gasteiger partial charge in [-0.3, -0.25) is 14.4 Å². The zero-order valence-corrected chi connectivity index (χ0v) is 49.8. The lowest BCUT2D eigenvalue weighted by Crippen LogP contribution is -2.30. The van der Waals surface area contributed by atoms with E-state index in [-0.39, 0.29) is 31.1 Å². The van der Waals surface area contributed by atoms with Gasteiger partial charge in [-0.1, -0.05) is 293 Å². The second kappa shape index (κ2) is 63.4. The van der Waals surface area contributed by atoms with Crippen molar-refractivity contribution >= 4 is 17.9 Å². The van der Waals surface area contributed by atoms with Crippen LogP contribution >= 0.6 is 0 Å². The largest absolute Gasteiger partial charge is 0.462 e. The van der Waals surface area contributed by atoms with Gasteiger partial charge in [0.15, 0.2) is 6.10 Å². The highest BCUT2D eigenvalue weighted by Crippen LogP contribution is 2.17. The Bertz CT molecular complexity index is 1390. The maximum atomic E-state index is 12.9. The van der Waals surface area contributed by atoms with Gasteiger partial charge in [0.05, 0.1) is 0 Å². The summed E-state index contributed by atoms with van der Waals surface area (Å²) in [5.41, 5.74) is 0. The quantitative estimate of drug-likeness (QED) is 0.0261. The van der Waals surface area contributed by atoms with Gasteiger partial charge < -0.3 is 14.2 Å². The predicted molar refractivity (Wildman–Crippen MR) is 325 cm³/mol. The molecule has 75 heavy (non-hydrogen) atoms. The molecule has 0 aliphatic rings. The van der Waals surface area contributed by atoms with Crippen LogP contribution in [-0.2, 0) is 28.6 Å². The summed E-state index contributed by atoms with van der Waals surface area (Å²) in [6, 6.07) is 0. The zero-order chi connectivity index (χ0) is 54.3. The minimum Gasteiger partial charge on any atom is -0.462 e. The summed E-state index contributed by atoms with van der Waals surface area (Å²) in [5.74, 6) is -0.869. The Hall–Kier alpha value is -3.15. The van der Waals surface area contributed by atoms with Crippen LogP contribution < -0.4 is 0 Å². The van der Waals surface area contributed by atoms with E-state index in [9.17, 15) is 14.4 Å². The molecule has 0 rings (SSSR count). The number of rotatable bonds is 59. The van der Waals surface area contributed by atoms with E-state index in [0.717, 1.165) is 96.3 Å². The van der Waals surface area contributed by atoms with Gasteiger partial charge in [0, 0.05) is 19.3 Å². The van der Waals surface area contributed by atoms with Crippen molar-refractivity contribution in [3.05, 3.63) is 72.9 Å². The van der Waals surface area contributed by atoms with Gasteiger partial charge in [0.1, 0.15) is 13.2 Å². The highest BCUT2D eigenvalue weighted by molar-refractivity contribution is 5.71. The highest BCUT2D eigenvalue weighted by Gasteiger charge is 2.19. The third-order valence-corrected chi connectivity index (χ3v) is 14.2. The molecule has 0 N–H and O–H groups in total. The molecule has 0 saturated heterocycles. The molecule has 0 saturated carbocycles. The number of ether oxygens (including phenoxy) is 3. The number of hydrogen-bond acceptors (Lipinski definition) is 6. The summed E-state index contributed by atoms with van der Waals surface area (Å²) in [6.45, 7) is 6.56. The predicted octanol–water partition coefficient (Wildman–Crippen LogP) is 22.1. The summed E-state index contributed by atoms with van der Waals surface area (Å²) < 4.78 is 16.9. The number of esters is 3. The Morgan fingerprint density at radius 3 is 0.827 bits per heavy atom. The molecule has 0 aromatic rings. The first kappa shape index (κ1) is 71.8. The maximum Gasteiger partial charge on any atom is 0.306 e. The molecule has 0 aromatic heterocycles. The van der Waals surface area contributed by atoms with E-state index in [4.69, 9.17) is 14.2 Å². The van der Waals surface area contributed by atoms with E-state index in [0.29, 0.717) is 19.3 Å². The fourth-order valence-electron chi connectivity index (χ4n) is 9.35. The van der Waals surface area contributed by atoms with Gasteiger partial charge in [0.2, 0.25) is 0 Å². The van der Waals surface area contributed by atoms with Gasteiger partial charge in [0.25, 0.3) is 0 Å². The molecule has 0 aliphatic heterocycles. The van der Waals surface area contributed by atoms with Crippen molar-refractivity contribution in [1.82, 2.24) is 0 Å². The molecule has 0 radical (unpaired) electrons. The number of unbranched alkanes of at least 4 members (excludes halogenated alkanes) is 36. The standard InChI is InChI=1S/C69H122O6/c1-4-7-10-13-16-19-22-25-28-30-32-33-34-35-36-37-38-40-41-44-47-50-53-56-59-62-68(71)74-65-66(64-73-67(70)61-58-55-52-49-46-43-27-24-21-18-15-12-9-6-3)75-69(72)63-60-57-54-51-48-45-42-39-31-29-26-23-20-17-14-11-8-5-2/h7,10,16,19,25,28-29,31-33,35-36,66H,4-6,8-9,11-15,17-18,20-24,26-27,30,34,37-65H2,1-3H3/b10-7-,19-16-,28-25-,31-29-,33-32-,36-35-. The fraction of sp³-hybridized carbons (Fsp3) is 0.783. The molecule has 0 amide bonds. The third kappa shape index (κ3) is 61.6. The van der Waals surface area contributed by atoms with E-state index in [1.165, 1.54) is 193 Å². The van der Waals surface area contributed by atoms with Gasteiger partial charge in [-0.15, -0.1) is 0 Å². The average Bonchev–Trinajstić information content (AvgIpc) is 3.41. The molecule has 0 aromatic carbocycles. The molecule has 0 fully saturated rings. The lowest BCUT2D eigenvalue weighted by atomic mass is 10.0. The second-order valence-electron chi connectivity index (χ2n) is 21.6. The van der Waals surface area contributed by atoms with Crippen LogP contribution in [0.3, 0.4) is 0 Å². The van der Waals surface area contributed by atoms with Gasteiger partial charge in [-0.25, -0.2) is 0 Å². The number of hydrogen-bond donors (Lipinski definition) is 0. The summed E-state index contributed by atoms with van der Waals surface area (Å²) in [5, 5.41) is 0. The van der Waals surface area contributed by atoms with E-state index in [2.05, 4.69) is 93.7 Å². The normalized spacial score (nSPS) is 12.5. The number of carbonyl (C=O) groups is 3. The van der Waals surface area contributed by atoms with Crippen molar-refractivity contribution in [2.75, 3.05) is 13.2 Å². The number of carbonyl (C=O) groups excluding carboxylic acids is 3. The van der Waals surface area contributed by atoms with Crippen LogP contribution in [0, 0.1) is 0 Å². The molecule has 1 unspecified atom stereocenters. The van der Waals surface area contributed by atoms with Crippen LogP contribution in [0.15, 0.2) is 72.9 Å². The lowest BCUT2D eigenvalue weighted by Gasteiger charge is -2.18. The molecule has 0 bridgehead atoms. The summed E-state index contributed by atoms with van der Waals surface area (Å²) in [6.07, 6.45) is 81.9. The van der Waals surface area contributed by atoms with Crippen molar-refractivity contribution in [3.8, 4) is 0 Å². The molecule has 6 heteroatoms. The minimum atomic E-state index is -0.779. The lowest BCUT2D eigenvalue weighted by molar-refractivity contribution is -0.167. The Morgan fingerprint density at radius 2 is 0.520 bits per heavy atom. The second-order valence-corrected chi connectivity index (χ2v) is 21.6. The van der Waals surface area contributed by atoms with Crippen molar-refractivity contribution in [2.45, 2.75) is 335 Å². The van der Waals surface area contributed by atoms with Crippen molar-refractivity contribution in [1.29, 1.82) is 0 Å². The fourth-order valence-corrected chi connectivity index (χ4v) is 9.35. The monoisotopic (exact) mass is 1050 g/mol. The Labute approximate surface area is 465 Å². The Balaban J connectivity index is 4.33. The maximum absolute atomic E-state index is 12.9. The number of allylic oxidation sites excluding steroid dienone is 12. The summed E-state index contributed by atoms with van der Waals surface area (Å²) >= 11 is 0. The molecule has 0 aliphatic carbocycles. The van der Waals surface area contributed by atoms with Crippen LogP contribution in [0.5, 0.6) is 0 Å². The molecule has 1 atom stereocenters. The first-order valence-electron chi connectivity index (χ1n) is 32.4. The molecular formula is C69H122O6. The first-order chi connectivity index (χ1) is 37.0. The molecule has 0 heterocycles. The van der Waals surface area contributed by atoms with Gasteiger partial charge >= 0.3 is 17.9 Å². The van der Waals surface area contributed by atoms with E-state index in [1.54, 1.807) is 0 Å². The molecular weight excluding hydrogens is 925 g/mol. The SMILES string of the molecule is CC/C=C\C/C=C\C/C=C\C/C=C\C/C=C\CCCCCCCCCCCC(=O)OCC(COC(=O)CCCCCCCCCCCCCCCC)OC(=O)CCCCCCCCC/C=C\CCCCCCCCC. The third-order valence-electron chi connectivity index (χ3n) is 14.2. The molecule has 6 nitrogen and oxygen atoms in total. The Kier molecular flexibility index (Phi) is 60.7. The minimum absolute atomic E-state index is 0.0752. The summed E-state index contributed by atoms with van der Waals surface area (Å²) in [4.78, 5) is 38.3. The van der Waals surface area contributed by atoms with Crippen LogP contribution in [-0.4, -0.2) is 37.2 Å². The first-order valence-corrected chi connectivity index (χ1v) is 32.4.